The molecule has 3 heteroatoms. The Kier molecular flexibility index (Phi) is 4.35. The Morgan fingerprint density at radius 2 is 1.89 bits per heavy atom. The van der Waals surface area contributed by atoms with Crippen molar-refractivity contribution in [2.24, 2.45) is 5.41 Å². The molecular formula is C15H30N2O. The van der Waals surface area contributed by atoms with Gasteiger partial charge in [0.2, 0.25) is 0 Å². The quantitative estimate of drug-likeness (QED) is 0.805. The predicted octanol–water partition coefficient (Wildman–Crippen LogP) is 2.00. The fourth-order valence-electron chi connectivity index (χ4n) is 3.64. The number of aliphatic hydroxyl groups is 1. The van der Waals surface area contributed by atoms with E-state index in [0.717, 1.165) is 19.4 Å². The summed E-state index contributed by atoms with van der Waals surface area (Å²) >= 11 is 0. The van der Waals surface area contributed by atoms with E-state index in [9.17, 15) is 5.11 Å². The van der Waals surface area contributed by atoms with Crippen molar-refractivity contribution in [2.75, 3.05) is 26.2 Å². The van der Waals surface area contributed by atoms with Crippen LogP contribution < -0.4 is 5.32 Å². The molecule has 2 unspecified atom stereocenters. The first-order chi connectivity index (χ1) is 8.50. The van der Waals surface area contributed by atoms with Crippen molar-refractivity contribution < 1.29 is 5.11 Å². The SMILES string of the molecule is CCNC1(CO)CCC(N2CCC(C)(C)CC2)C1. The number of likely N-dealkylation sites (N-methyl/N-ethyl adjacent to an activating group) is 1. The monoisotopic (exact) mass is 254 g/mol. The number of hydrogen-bond acceptors (Lipinski definition) is 3. The molecule has 2 fully saturated rings. The van der Waals surface area contributed by atoms with Gasteiger partial charge in [0.15, 0.2) is 0 Å². The van der Waals surface area contributed by atoms with Crippen molar-refractivity contribution in [2.45, 2.75) is 64.5 Å². The van der Waals surface area contributed by atoms with Gasteiger partial charge < -0.3 is 15.3 Å². The van der Waals surface area contributed by atoms with Crippen molar-refractivity contribution in [3.8, 4) is 0 Å². The second-order valence-electron chi connectivity index (χ2n) is 7.07. The van der Waals surface area contributed by atoms with Gasteiger partial charge in [0, 0.05) is 11.6 Å². The van der Waals surface area contributed by atoms with E-state index in [0.29, 0.717) is 11.5 Å². The van der Waals surface area contributed by atoms with Crippen LogP contribution in [0.4, 0.5) is 0 Å². The van der Waals surface area contributed by atoms with E-state index in [1.54, 1.807) is 0 Å². The minimum atomic E-state index is 0.00633. The Balaban J connectivity index is 1.89. The fraction of sp³-hybridized carbons (Fsp3) is 1.00. The molecule has 2 N–H and O–H groups in total. The highest BCUT2D eigenvalue weighted by Gasteiger charge is 2.41. The summed E-state index contributed by atoms with van der Waals surface area (Å²) in [6.07, 6.45) is 6.13. The third-order valence-electron chi connectivity index (χ3n) is 5.10. The normalized spacial score (nSPS) is 37.0. The second-order valence-corrected chi connectivity index (χ2v) is 7.07. The Labute approximate surface area is 112 Å². The molecule has 1 saturated heterocycles. The van der Waals surface area contributed by atoms with Crippen LogP contribution in [0.1, 0.15) is 52.9 Å². The lowest BCUT2D eigenvalue weighted by Crippen LogP contribution is -2.49. The smallest absolute Gasteiger partial charge is 0.0613 e. The third kappa shape index (κ3) is 3.06. The third-order valence-corrected chi connectivity index (χ3v) is 5.10. The zero-order chi connectivity index (χ0) is 13.2. The minimum absolute atomic E-state index is 0.00633. The average Bonchev–Trinajstić information content (AvgIpc) is 2.75. The van der Waals surface area contributed by atoms with Gasteiger partial charge in [0.1, 0.15) is 0 Å². The molecule has 1 saturated carbocycles. The molecular weight excluding hydrogens is 224 g/mol. The van der Waals surface area contributed by atoms with Gasteiger partial charge in [0.05, 0.1) is 6.61 Å². The number of nitrogens with one attached hydrogen (secondary N) is 1. The summed E-state index contributed by atoms with van der Waals surface area (Å²) in [5, 5.41) is 13.2. The molecule has 0 spiro atoms. The van der Waals surface area contributed by atoms with Crippen LogP contribution in [0, 0.1) is 5.41 Å². The van der Waals surface area contributed by atoms with E-state index in [1.165, 1.54) is 32.4 Å². The molecule has 1 aliphatic carbocycles. The lowest BCUT2D eigenvalue weighted by molar-refractivity contribution is 0.0862. The zero-order valence-corrected chi connectivity index (χ0v) is 12.3. The van der Waals surface area contributed by atoms with Crippen molar-refractivity contribution in [3.05, 3.63) is 0 Å². The molecule has 0 aromatic rings. The van der Waals surface area contributed by atoms with E-state index < -0.39 is 0 Å². The number of aliphatic hydroxyl groups excluding tert-OH is 1. The van der Waals surface area contributed by atoms with Gasteiger partial charge in [-0.15, -0.1) is 0 Å². The first-order valence-corrected chi connectivity index (χ1v) is 7.60. The van der Waals surface area contributed by atoms with E-state index >= 15 is 0 Å². The summed E-state index contributed by atoms with van der Waals surface area (Å²) in [6, 6.07) is 0.687. The van der Waals surface area contributed by atoms with Crippen LogP contribution in [0.2, 0.25) is 0 Å². The standard InChI is InChI=1S/C15H30N2O/c1-4-16-15(12-18)6-5-13(11-15)17-9-7-14(2,3)8-10-17/h13,16,18H,4-12H2,1-3H3. The maximum Gasteiger partial charge on any atom is 0.0613 e. The summed E-state index contributed by atoms with van der Waals surface area (Å²) in [4.78, 5) is 2.67. The first-order valence-electron chi connectivity index (χ1n) is 7.60. The van der Waals surface area contributed by atoms with Crippen molar-refractivity contribution in [1.29, 1.82) is 0 Å². The highest BCUT2D eigenvalue weighted by molar-refractivity contribution is 5.00. The maximum absolute atomic E-state index is 9.67. The van der Waals surface area contributed by atoms with E-state index in [1.807, 2.05) is 0 Å². The second kappa shape index (κ2) is 5.48. The summed E-state index contributed by atoms with van der Waals surface area (Å²) in [5.74, 6) is 0. The minimum Gasteiger partial charge on any atom is -0.394 e. The topological polar surface area (TPSA) is 35.5 Å². The van der Waals surface area contributed by atoms with Crippen LogP contribution in [0.3, 0.4) is 0 Å². The van der Waals surface area contributed by atoms with Crippen LogP contribution in [0.5, 0.6) is 0 Å². The number of piperidine rings is 1. The molecule has 0 aromatic carbocycles. The Bertz CT molecular complexity index is 270. The van der Waals surface area contributed by atoms with Gasteiger partial charge in [0.25, 0.3) is 0 Å². The summed E-state index contributed by atoms with van der Waals surface area (Å²) < 4.78 is 0. The van der Waals surface area contributed by atoms with Gasteiger partial charge in [-0.25, -0.2) is 0 Å². The van der Waals surface area contributed by atoms with Crippen LogP contribution >= 0.6 is 0 Å². The number of likely N-dealkylation sites (tertiary alicyclic amines) is 1. The van der Waals surface area contributed by atoms with E-state index in [-0.39, 0.29) is 12.1 Å². The number of hydrogen-bond donors (Lipinski definition) is 2. The van der Waals surface area contributed by atoms with Gasteiger partial charge >= 0.3 is 0 Å². The number of nitrogens with zero attached hydrogens (tertiary/aromatic N) is 1. The highest BCUT2D eigenvalue weighted by atomic mass is 16.3. The molecule has 0 radical (unpaired) electrons. The van der Waals surface area contributed by atoms with Crippen LogP contribution in [-0.4, -0.2) is 47.8 Å². The lowest BCUT2D eigenvalue weighted by atomic mass is 9.82. The van der Waals surface area contributed by atoms with Crippen LogP contribution in [0.15, 0.2) is 0 Å². The van der Waals surface area contributed by atoms with Crippen molar-refractivity contribution in [1.82, 2.24) is 10.2 Å². The average molecular weight is 254 g/mol. The molecule has 2 aliphatic rings. The van der Waals surface area contributed by atoms with E-state index in [2.05, 4.69) is 31.0 Å². The molecule has 2 atom stereocenters. The predicted molar refractivity (Wildman–Crippen MR) is 75.7 cm³/mol. The molecule has 106 valence electrons. The Morgan fingerprint density at radius 3 is 2.44 bits per heavy atom. The lowest BCUT2D eigenvalue weighted by Gasteiger charge is -2.40. The molecule has 3 nitrogen and oxygen atoms in total. The molecule has 0 bridgehead atoms. The number of rotatable bonds is 4. The molecule has 2 rings (SSSR count). The van der Waals surface area contributed by atoms with E-state index in [4.69, 9.17) is 0 Å². The molecule has 0 amide bonds. The highest BCUT2D eigenvalue weighted by Crippen LogP contribution is 2.37. The molecule has 0 aromatic heterocycles. The Morgan fingerprint density at radius 1 is 1.22 bits per heavy atom. The van der Waals surface area contributed by atoms with Gasteiger partial charge in [-0.2, -0.15) is 0 Å². The molecule has 1 heterocycles. The summed E-state index contributed by atoms with van der Waals surface area (Å²) in [6.45, 7) is 10.6. The van der Waals surface area contributed by atoms with Gasteiger partial charge in [-0.05, 0) is 57.2 Å². The van der Waals surface area contributed by atoms with Crippen molar-refractivity contribution >= 4 is 0 Å². The zero-order valence-electron chi connectivity index (χ0n) is 12.3. The maximum atomic E-state index is 9.67. The first kappa shape index (κ1) is 14.3. The Hall–Kier alpha value is -0.120. The summed E-state index contributed by atoms with van der Waals surface area (Å²) in [7, 11) is 0. The van der Waals surface area contributed by atoms with Gasteiger partial charge in [-0.3, -0.25) is 0 Å². The fourth-order valence-corrected chi connectivity index (χ4v) is 3.64. The molecule has 1 aliphatic heterocycles. The largest absolute Gasteiger partial charge is 0.394 e. The molecule has 18 heavy (non-hydrogen) atoms. The van der Waals surface area contributed by atoms with Crippen molar-refractivity contribution in [3.63, 3.8) is 0 Å². The van der Waals surface area contributed by atoms with Crippen LogP contribution in [-0.2, 0) is 0 Å². The van der Waals surface area contributed by atoms with Crippen LogP contribution in [0.25, 0.3) is 0 Å². The van der Waals surface area contributed by atoms with Gasteiger partial charge in [-0.1, -0.05) is 20.8 Å². The summed E-state index contributed by atoms with van der Waals surface area (Å²) in [5.41, 5.74) is 0.539.